The highest BCUT2D eigenvalue weighted by Crippen LogP contribution is 2.25. The summed E-state index contributed by atoms with van der Waals surface area (Å²) >= 11 is 2.50. The third-order valence-corrected chi connectivity index (χ3v) is 5.50. The number of nitrogens with one attached hydrogen (secondary N) is 2. The second-order valence-corrected chi connectivity index (χ2v) is 8.01. The zero-order valence-corrected chi connectivity index (χ0v) is 16.7. The van der Waals surface area contributed by atoms with Crippen molar-refractivity contribution in [3.63, 3.8) is 0 Å². The van der Waals surface area contributed by atoms with E-state index < -0.39 is 0 Å². The van der Waals surface area contributed by atoms with Gasteiger partial charge in [0.2, 0.25) is 16.9 Å². The minimum atomic E-state index is -0.284. The number of carbonyl (C=O) groups is 2. The summed E-state index contributed by atoms with van der Waals surface area (Å²) in [6, 6.07) is 17.1. The van der Waals surface area contributed by atoms with Crippen LogP contribution in [0.15, 0.2) is 65.0 Å². The maximum absolute atomic E-state index is 12.0. The van der Waals surface area contributed by atoms with E-state index in [9.17, 15) is 9.59 Å². The first-order valence-electron chi connectivity index (χ1n) is 8.45. The predicted octanol–water partition coefficient (Wildman–Crippen LogP) is 4.23. The van der Waals surface area contributed by atoms with Crippen LogP contribution in [-0.4, -0.2) is 27.8 Å². The molecule has 6 nitrogen and oxygen atoms in total. The van der Waals surface area contributed by atoms with Crippen molar-refractivity contribution in [3.05, 3.63) is 71.8 Å². The standard InChI is InChI=1S/C20H18N4O2S2/c1-14-7-10-16(11-8-14)21-18(26)13-27-20-24-23-19(28-20)22-17(25)12-9-15-5-3-2-4-6-15/h2-12H,13H2,1H3,(H,21,26)(H,22,23,25)/b12-9+. The van der Waals surface area contributed by atoms with E-state index in [2.05, 4.69) is 20.8 Å². The summed E-state index contributed by atoms with van der Waals surface area (Å²) < 4.78 is 0.612. The number of carbonyl (C=O) groups excluding carboxylic acids is 2. The van der Waals surface area contributed by atoms with Gasteiger partial charge in [0, 0.05) is 11.8 Å². The SMILES string of the molecule is Cc1ccc(NC(=O)CSc2nnc(NC(=O)/C=C/c3ccccc3)s2)cc1. The molecule has 0 fully saturated rings. The average molecular weight is 411 g/mol. The molecule has 1 heterocycles. The highest BCUT2D eigenvalue weighted by Gasteiger charge is 2.10. The first-order chi connectivity index (χ1) is 13.6. The maximum atomic E-state index is 12.0. The smallest absolute Gasteiger partial charge is 0.250 e. The summed E-state index contributed by atoms with van der Waals surface area (Å²) in [4.78, 5) is 24.0. The Kier molecular flexibility index (Phi) is 6.94. The Morgan fingerprint density at radius 2 is 1.79 bits per heavy atom. The Labute approximate surface area is 171 Å². The molecule has 0 bridgehead atoms. The van der Waals surface area contributed by atoms with Gasteiger partial charge >= 0.3 is 0 Å². The fraction of sp³-hybridized carbons (Fsp3) is 0.100. The van der Waals surface area contributed by atoms with Gasteiger partial charge in [-0.3, -0.25) is 14.9 Å². The Morgan fingerprint density at radius 3 is 2.54 bits per heavy atom. The molecule has 0 radical (unpaired) electrons. The van der Waals surface area contributed by atoms with Crippen LogP contribution in [0.5, 0.6) is 0 Å². The predicted molar refractivity (Wildman–Crippen MR) is 115 cm³/mol. The third-order valence-electron chi connectivity index (χ3n) is 3.53. The Balaban J connectivity index is 1.46. The Bertz CT molecular complexity index is 969. The molecule has 0 saturated heterocycles. The molecule has 0 aliphatic heterocycles. The van der Waals surface area contributed by atoms with Crippen LogP contribution < -0.4 is 10.6 Å². The van der Waals surface area contributed by atoms with Crippen LogP contribution >= 0.6 is 23.1 Å². The zero-order valence-electron chi connectivity index (χ0n) is 15.1. The Morgan fingerprint density at radius 1 is 1.04 bits per heavy atom. The first kappa shape index (κ1) is 19.8. The molecule has 0 spiro atoms. The molecule has 0 atom stereocenters. The summed E-state index contributed by atoms with van der Waals surface area (Å²) in [6.07, 6.45) is 3.17. The highest BCUT2D eigenvalue weighted by atomic mass is 32.2. The lowest BCUT2D eigenvalue weighted by molar-refractivity contribution is -0.114. The molecule has 0 unspecified atom stereocenters. The lowest BCUT2D eigenvalue weighted by Gasteiger charge is -2.04. The molecular weight excluding hydrogens is 392 g/mol. The first-order valence-corrected chi connectivity index (χ1v) is 10.3. The van der Waals surface area contributed by atoms with Crippen LogP contribution in [0.4, 0.5) is 10.8 Å². The van der Waals surface area contributed by atoms with Crippen molar-refractivity contribution < 1.29 is 9.59 Å². The number of hydrogen-bond donors (Lipinski definition) is 2. The molecule has 2 amide bonds. The van der Waals surface area contributed by atoms with Crippen molar-refractivity contribution in [2.75, 3.05) is 16.4 Å². The van der Waals surface area contributed by atoms with Crippen LogP contribution in [-0.2, 0) is 9.59 Å². The van der Waals surface area contributed by atoms with Crippen LogP contribution in [0.1, 0.15) is 11.1 Å². The van der Waals surface area contributed by atoms with E-state index in [4.69, 9.17) is 0 Å². The quantitative estimate of drug-likeness (QED) is 0.346. The minimum absolute atomic E-state index is 0.125. The summed E-state index contributed by atoms with van der Waals surface area (Å²) in [6.45, 7) is 1.99. The summed E-state index contributed by atoms with van der Waals surface area (Å²) in [7, 11) is 0. The van der Waals surface area contributed by atoms with Gasteiger partial charge in [-0.2, -0.15) is 0 Å². The topological polar surface area (TPSA) is 84.0 Å². The molecule has 28 heavy (non-hydrogen) atoms. The number of rotatable bonds is 7. The highest BCUT2D eigenvalue weighted by molar-refractivity contribution is 8.01. The molecule has 0 saturated carbocycles. The number of benzene rings is 2. The Hall–Kier alpha value is -2.97. The molecule has 8 heteroatoms. The summed E-state index contributed by atoms with van der Waals surface area (Å²) in [5.41, 5.74) is 2.83. The fourth-order valence-corrected chi connectivity index (χ4v) is 3.72. The lowest BCUT2D eigenvalue weighted by Crippen LogP contribution is -2.13. The number of aromatic nitrogens is 2. The van der Waals surface area contributed by atoms with Crippen molar-refractivity contribution in [1.82, 2.24) is 10.2 Å². The van der Waals surface area contributed by atoms with Crippen molar-refractivity contribution in [1.29, 1.82) is 0 Å². The molecule has 0 aliphatic rings. The van der Waals surface area contributed by atoms with Gasteiger partial charge in [-0.05, 0) is 30.7 Å². The molecule has 2 aromatic carbocycles. The number of hydrogen-bond acceptors (Lipinski definition) is 6. The molecule has 142 valence electrons. The molecule has 2 N–H and O–H groups in total. The van der Waals surface area contributed by atoms with Crippen molar-refractivity contribution >= 4 is 51.8 Å². The van der Waals surface area contributed by atoms with E-state index in [0.29, 0.717) is 9.47 Å². The van der Waals surface area contributed by atoms with E-state index in [1.54, 1.807) is 6.08 Å². The van der Waals surface area contributed by atoms with Gasteiger partial charge in [0.05, 0.1) is 5.75 Å². The van der Waals surface area contributed by atoms with E-state index in [1.807, 2.05) is 61.5 Å². The van der Waals surface area contributed by atoms with Crippen LogP contribution in [0.25, 0.3) is 6.08 Å². The number of anilines is 2. The largest absolute Gasteiger partial charge is 0.325 e. The van der Waals surface area contributed by atoms with Crippen LogP contribution in [0.3, 0.4) is 0 Å². The van der Waals surface area contributed by atoms with E-state index >= 15 is 0 Å². The van der Waals surface area contributed by atoms with Crippen molar-refractivity contribution in [2.24, 2.45) is 0 Å². The van der Waals surface area contributed by atoms with Gasteiger partial charge in [0.15, 0.2) is 4.34 Å². The van der Waals surface area contributed by atoms with Crippen molar-refractivity contribution in [2.45, 2.75) is 11.3 Å². The van der Waals surface area contributed by atoms with Gasteiger partial charge in [-0.25, -0.2) is 0 Å². The number of aryl methyl sites for hydroxylation is 1. The monoisotopic (exact) mass is 410 g/mol. The summed E-state index contributed by atoms with van der Waals surface area (Å²) in [5.74, 6) is -0.196. The third kappa shape index (κ3) is 6.33. The van der Waals surface area contributed by atoms with Crippen LogP contribution in [0.2, 0.25) is 0 Å². The molecular formula is C20H18N4O2S2. The normalized spacial score (nSPS) is 10.8. The zero-order chi connectivity index (χ0) is 19.8. The lowest BCUT2D eigenvalue weighted by atomic mass is 10.2. The fourth-order valence-electron chi connectivity index (χ4n) is 2.16. The van der Waals surface area contributed by atoms with E-state index in [-0.39, 0.29) is 17.6 Å². The average Bonchev–Trinajstić information content (AvgIpc) is 3.15. The van der Waals surface area contributed by atoms with E-state index in [0.717, 1.165) is 16.8 Å². The van der Waals surface area contributed by atoms with Gasteiger partial charge in [0.1, 0.15) is 0 Å². The van der Waals surface area contributed by atoms with Gasteiger partial charge in [-0.1, -0.05) is 71.1 Å². The second-order valence-electron chi connectivity index (χ2n) is 5.81. The molecule has 3 rings (SSSR count). The number of nitrogens with zero attached hydrogens (tertiary/aromatic N) is 2. The maximum Gasteiger partial charge on any atom is 0.250 e. The van der Waals surface area contributed by atoms with Gasteiger partial charge in [0.25, 0.3) is 0 Å². The number of thioether (sulfide) groups is 1. The minimum Gasteiger partial charge on any atom is -0.325 e. The summed E-state index contributed by atoms with van der Waals surface area (Å²) in [5, 5.41) is 13.8. The van der Waals surface area contributed by atoms with Crippen LogP contribution in [0, 0.1) is 6.92 Å². The number of amides is 2. The molecule has 1 aromatic heterocycles. The molecule has 3 aromatic rings. The van der Waals surface area contributed by atoms with E-state index in [1.165, 1.54) is 29.2 Å². The van der Waals surface area contributed by atoms with Crippen molar-refractivity contribution in [3.8, 4) is 0 Å². The van der Waals surface area contributed by atoms with Gasteiger partial charge in [-0.15, -0.1) is 10.2 Å². The van der Waals surface area contributed by atoms with Gasteiger partial charge < -0.3 is 5.32 Å². The molecule has 0 aliphatic carbocycles. The second kappa shape index (κ2) is 9.82.